The molecule has 6 heteroatoms. The van der Waals surface area contributed by atoms with Crippen molar-refractivity contribution in [2.24, 2.45) is 28.6 Å². The SMILES string of the molecule is C[C@]12CCC3C(CC=C4CC(OS(=O)(=O)O)CC[C@@]43C)C1CCC2O. The summed E-state index contributed by atoms with van der Waals surface area (Å²) >= 11 is 0. The van der Waals surface area contributed by atoms with Gasteiger partial charge in [-0.2, -0.15) is 8.42 Å². The van der Waals surface area contributed by atoms with E-state index in [1.54, 1.807) is 0 Å². The number of hydrogen-bond donors (Lipinski definition) is 2. The van der Waals surface area contributed by atoms with Crippen molar-refractivity contribution in [2.75, 3.05) is 0 Å². The fraction of sp³-hybridized carbons (Fsp3) is 0.895. The van der Waals surface area contributed by atoms with Gasteiger partial charge in [0.25, 0.3) is 0 Å². The predicted molar refractivity (Wildman–Crippen MR) is 94.1 cm³/mol. The normalized spacial score (nSPS) is 49.8. The van der Waals surface area contributed by atoms with Crippen LogP contribution in [-0.2, 0) is 14.6 Å². The van der Waals surface area contributed by atoms with Gasteiger partial charge in [0.05, 0.1) is 12.2 Å². The topological polar surface area (TPSA) is 83.8 Å². The molecule has 3 fully saturated rings. The molecule has 4 aliphatic carbocycles. The molecule has 7 atom stereocenters. The highest BCUT2D eigenvalue weighted by Gasteiger charge is 2.58. The molecule has 142 valence electrons. The summed E-state index contributed by atoms with van der Waals surface area (Å²) in [4.78, 5) is 0. The molecule has 25 heavy (non-hydrogen) atoms. The maximum absolute atomic E-state index is 11.0. The Bertz CT molecular complexity index is 686. The third-order valence-corrected chi connectivity index (χ3v) is 8.78. The van der Waals surface area contributed by atoms with Crippen molar-refractivity contribution in [1.82, 2.24) is 0 Å². The smallest absolute Gasteiger partial charge is 0.393 e. The third-order valence-electron chi connectivity index (χ3n) is 8.27. The molecule has 0 saturated heterocycles. The van der Waals surface area contributed by atoms with Crippen molar-refractivity contribution in [1.29, 1.82) is 0 Å². The van der Waals surface area contributed by atoms with Gasteiger partial charge in [-0.05, 0) is 80.0 Å². The highest BCUT2D eigenvalue weighted by molar-refractivity contribution is 7.80. The fourth-order valence-corrected chi connectivity index (χ4v) is 7.36. The van der Waals surface area contributed by atoms with Crippen LogP contribution in [0.3, 0.4) is 0 Å². The van der Waals surface area contributed by atoms with Crippen LogP contribution in [0.15, 0.2) is 11.6 Å². The van der Waals surface area contributed by atoms with Crippen LogP contribution in [0.5, 0.6) is 0 Å². The average Bonchev–Trinajstić information content (AvgIpc) is 2.82. The minimum Gasteiger partial charge on any atom is -0.393 e. The molecule has 0 spiro atoms. The molecule has 0 bridgehead atoms. The first-order valence-corrected chi connectivity index (χ1v) is 11.0. The van der Waals surface area contributed by atoms with E-state index in [2.05, 4.69) is 19.9 Å². The number of allylic oxidation sites excluding steroid dienone is 1. The maximum atomic E-state index is 11.0. The third kappa shape index (κ3) is 2.80. The lowest BCUT2D eigenvalue weighted by Crippen LogP contribution is -2.51. The summed E-state index contributed by atoms with van der Waals surface area (Å²) in [5.74, 6) is 1.84. The molecule has 5 unspecified atom stereocenters. The molecule has 0 aliphatic heterocycles. The van der Waals surface area contributed by atoms with Crippen molar-refractivity contribution >= 4 is 10.4 Å². The summed E-state index contributed by atoms with van der Waals surface area (Å²) < 4.78 is 35.9. The molecule has 3 saturated carbocycles. The lowest BCUT2D eigenvalue weighted by molar-refractivity contribution is -0.0703. The molecule has 0 amide bonds. The zero-order valence-corrected chi connectivity index (χ0v) is 16.0. The summed E-state index contributed by atoms with van der Waals surface area (Å²) in [5, 5.41) is 10.5. The molecular formula is C19H30O5S. The Morgan fingerprint density at radius 3 is 2.60 bits per heavy atom. The zero-order valence-electron chi connectivity index (χ0n) is 15.1. The number of aliphatic hydroxyl groups is 1. The van der Waals surface area contributed by atoms with Crippen LogP contribution in [-0.4, -0.2) is 30.3 Å². The summed E-state index contributed by atoms with van der Waals surface area (Å²) in [6.07, 6.45) is 9.23. The van der Waals surface area contributed by atoms with Crippen molar-refractivity contribution in [2.45, 2.75) is 77.4 Å². The minimum absolute atomic E-state index is 0.0775. The van der Waals surface area contributed by atoms with Gasteiger partial charge in [0.1, 0.15) is 0 Å². The second kappa shape index (κ2) is 5.78. The van der Waals surface area contributed by atoms with Crippen LogP contribution >= 0.6 is 0 Å². The lowest BCUT2D eigenvalue weighted by atomic mass is 9.48. The average molecular weight is 371 g/mol. The molecule has 0 radical (unpaired) electrons. The standard InChI is InChI=1S/C19H30O5S/c1-18-9-7-13(24-25(21,22)23)11-12(18)3-4-14-15-5-6-17(20)19(15,2)10-8-16(14)18/h3,13-17,20H,4-11H2,1-2H3,(H,21,22,23)/t13?,14?,15?,16?,17?,18-,19-/m0/s1. The molecule has 0 aromatic heterocycles. The Kier molecular flexibility index (Phi) is 4.15. The fourth-order valence-electron chi connectivity index (χ4n) is 6.85. The maximum Gasteiger partial charge on any atom is 0.397 e. The van der Waals surface area contributed by atoms with E-state index in [0.29, 0.717) is 30.6 Å². The highest BCUT2D eigenvalue weighted by atomic mass is 32.3. The van der Waals surface area contributed by atoms with Gasteiger partial charge in [0.2, 0.25) is 0 Å². The van der Waals surface area contributed by atoms with E-state index in [0.717, 1.165) is 38.5 Å². The van der Waals surface area contributed by atoms with E-state index in [9.17, 15) is 13.5 Å². The molecular weight excluding hydrogens is 340 g/mol. The van der Waals surface area contributed by atoms with Gasteiger partial charge in [-0.1, -0.05) is 25.5 Å². The molecule has 0 aromatic rings. The Hall–Kier alpha value is -0.430. The van der Waals surface area contributed by atoms with Crippen molar-refractivity contribution in [3.8, 4) is 0 Å². The highest BCUT2D eigenvalue weighted by Crippen LogP contribution is 2.64. The van der Waals surface area contributed by atoms with Gasteiger partial charge in [-0.3, -0.25) is 4.55 Å². The second-order valence-corrected chi connectivity index (χ2v) is 10.3. The van der Waals surface area contributed by atoms with Crippen LogP contribution in [0.1, 0.15) is 65.2 Å². The van der Waals surface area contributed by atoms with E-state index in [-0.39, 0.29) is 16.9 Å². The number of fused-ring (bicyclic) bond motifs is 5. The Morgan fingerprint density at radius 2 is 1.88 bits per heavy atom. The number of aliphatic hydroxyl groups excluding tert-OH is 1. The van der Waals surface area contributed by atoms with Crippen molar-refractivity contribution in [3.63, 3.8) is 0 Å². The van der Waals surface area contributed by atoms with Crippen LogP contribution in [0.4, 0.5) is 0 Å². The van der Waals surface area contributed by atoms with Gasteiger partial charge in [-0.25, -0.2) is 4.18 Å². The van der Waals surface area contributed by atoms with Crippen molar-refractivity contribution < 1.29 is 22.3 Å². The first-order valence-electron chi connectivity index (χ1n) is 9.67. The monoisotopic (exact) mass is 370 g/mol. The van der Waals surface area contributed by atoms with Gasteiger partial charge in [0.15, 0.2) is 0 Å². The van der Waals surface area contributed by atoms with Gasteiger partial charge >= 0.3 is 10.4 Å². The second-order valence-electron chi connectivity index (χ2n) is 9.29. The van der Waals surface area contributed by atoms with E-state index in [1.165, 1.54) is 5.57 Å². The molecule has 4 aliphatic rings. The lowest BCUT2D eigenvalue weighted by Gasteiger charge is -2.57. The summed E-state index contributed by atoms with van der Waals surface area (Å²) in [5.41, 5.74) is 1.50. The Balaban J connectivity index is 1.58. The Labute approximate surface area is 150 Å². The van der Waals surface area contributed by atoms with Gasteiger partial charge in [0, 0.05) is 0 Å². The van der Waals surface area contributed by atoms with Gasteiger partial charge in [-0.15, -0.1) is 0 Å². The van der Waals surface area contributed by atoms with Crippen LogP contribution in [0.25, 0.3) is 0 Å². The van der Waals surface area contributed by atoms with Crippen molar-refractivity contribution in [3.05, 3.63) is 11.6 Å². The van der Waals surface area contributed by atoms with E-state index >= 15 is 0 Å². The van der Waals surface area contributed by atoms with E-state index in [4.69, 9.17) is 8.74 Å². The summed E-state index contributed by atoms with van der Waals surface area (Å²) in [6.45, 7) is 4.62. The number of rotatable bonds is 2. The van der Waals surface area contributed by atoms with Crippen LogP contribution < -0.4 is 0 Å². The minimum atomic E-state index is -4.39. The Morgan fingerprint density at radius 1 is 1.12 bits per heavy atom. The zero-order chi connectivity index (χ0) is 18.0. The molecule has 4 rings (SSSR count). The number of hydrogen-bond acceptors (Lipinski definition) is 4. The van der Waals surface area contributed by atoms with Crippen LogP contribution in [0.2, 0.25) is 0 Å². The van der Waals surface area contributed by atoms with E-state index < -0.39 is 16.5 Å². The molecule has 0 heterocycles. The van der Waals surface area contributed by atoms with E-state index in [1.807, 2.05) is 0 Å². The first-order chi connectivity index (χ1) is 11.6. The first kappa shape index (κ1) is 18.0. The summed E-state index contributed by atoms with van der Waals surface area (Å²) in [6, 6.07) is 0. The summed E-state index contributed by atoms with van der Waals surface area (Å²) in [7, 11) is -4.39. The quantitative estimate of drug-likeness (QED) is 0.574. The van der Waals surface area contributed by atoms with Gasteiger partial charge < -0.3 is 5.11 Å². The molecule has 5 nitrogen and oxygen atoms in total. The largest absolute Gasteiger partial charge is 0.397 e. The predicted octanol–water partition coefficient (Wildman–Crippen LogP) is 3.50. The molecule has 2 N–H and O–H groups in total. The van der Waals surface area contributed by atoms with Crippen LogP contribution in [0, 0.1) is 28.6 Å². The molecule has 0 aromatic carbocycles.